The number of fused-ring (bicyclic) bond motifs is 1. The summed E-state index contributed by atoms with van der Waals surface area (Å²) >= 11 is 0. The number of hydrogen-bond donors (Lipinski definition) is 2. The van der Waals surface area contributed by atoms with Gasteiger partial charge in [0.15, 0.2) is 11.6 Å². The molecule has 2 N–H and O–H groups in total. The highest BCUT2D eigenvalue weighted by molar-refractivity contribution is 14.0. The Balaban J connectivity index is 0.00000280. The smallest absolute Gasteiger partial charge is 0.190 e. The van der Waals surface area contributed by atoms with Gasteiger partial charge >= 0.3 is 0 Å². The fourth-order valence-corrected chi connectivity index (χ4v) is 4.45. The van der Waals surface area contributed by atoms with Gasteiger partial charge in [-0.2, -0.15) is 0 Å². The largest absolute Gasteiger partial charge is 0.356 e. The Morgan fingerprint density at radius 3 is 2.71 bits per heavy atom. The minimum absolute atomic E-state index is 0. The van der Waals surface area contributed by atoms with E-state index in [0.29, 0.717) is 5.41 Å². The normalized spacial score (nSPS) is 16.4. The number of halogens is 1. The van der Waals surface area contributed by atoms with Crippen molar-refractivity contribution in [3.8, 4) is 0 Å². The molecule has 0 unspecified atom stereocenters. The highest BCUT2D eigenvalue weighted by Gasteiger charge is 2.34. The molecule has 3 rings (SSSR count). The van der Waals surface area contributed by atoms with Gasteiger partial charge < -0.3 is 10.6 Å². The van der Waals surface area contributed by atoms with Crippen molar-refractivity contribution in [3.05, 3.63) is 30.2 Å². The number of rotatable bonds is 8. The van der Waals surface area contributed by atoms with Crippen LogP contribution in [0.15, 0.2) is 29.4 Å². The maximum absolute atomic E-state index is 4.41. The number of nitrogens with one attached hydrogen (secondary N) is 2. The second kappa shape index (κ2) is 11.0. The molecule has 28 heavy (non-hydrogen) atoms. The second-order valence-electron chi connectivity index (χ2n) is 8.31. The second-order valence-corrected chi connectivity index (χ2v) is 8.31. The van der Waals surface area contributed by atoms with Gasteiger partial charge in [0.2, 0.25) is 0 Å². The lowest BCUT2D eigenvalue weighted by Crippen LogP contribution is -2.43. The first kappa shape index (κ1) is 22.9. The lowest BCUT2D eigenvalue weighted by molar-refractivity contribution is 0.235. The van der Waals surface area contributed by atoms with Crippen molar-refractivity contribution in [2.45, 2.75) is 58.8 Å². The Morgan fingerprint density at radius 1 is 1.21 bits per heavy atom. The van der Waals surface area contributed by atoms with Crippen molar-refractivity contribution in [3.63, 3.8) is 0 Å². The molecular weight excluding hydrogens is 463 g/mol. The standard InChI is InChI=1S/C21H34N6.HI/c1-17(2)15-21(11-5-6-12-21)16-24-20(22-3)23-13-8-10-19-26-25-18-9-4-7-14-27(18)19;/h4,7,9,14,17H,5-6,8,10-13,15-16H2,1-3H3,(H2,22,23,24);1H. The molecule has 2 heterocycles. The predicted octanol–water partition coefficient (Wildman–Crippen LogP) is 4.05. The molecule has 2 aromatic heterocycles. The Morgan fingerprint density at radius 2 is 2.00 bits per heavy atom. The summed E-state index contributed by atoms with van der Waals surface area (Å²) in [6.45, 7) is 6.57. The Hall–Kier alpha value is -1.38. The van der Waals surface area contributed by atoms with Crippen LogP contribution in [0.1, 0.15) is 58.2 Å². The van der Waals surface area contributed by atoms with Crippen molar-refractivity contribution in [2.75, 3.05) is 20.1 Å². The lowest BCUT2D eigenvalue weighted by Gasteiger charge is -2.31. The third-order valence-corrected chi connectivity index (χ3v) is 5.61. The molecule has 0 amide bonds. The van der Waals surface area contributed by atoms with Crippen LogP contribution in [0.5, 0.6) is 0 Å². The maximum atomic E-state index is 4.41. The number of aliphatic imine (C=N–C) groups is 1. The van der Waals surface area contributed by atoms with Crippen LogP contribution in [0, 0.1) is 11.3 Å². The van der Waals surface area contributed by atoms with E-state index in [1.165, 1.54) is 32.1 Å². The molecule has 0 spiro atoms. The van der Waals surface area contributed by atoms with Gasteiger partial charge in [-0.25, -0.2) is 0 Å². The molecular formula is C21H35IN6. The number of hydrogen-bond acceptors (Lipinski definition) is 3. The molecule has 7 heteroatoms. The molecule has 0 bridgehead atoms. The number of aromatic nitrogens is 3. The van der Waals surface area contributed by atoms with E-state index in [1.807, 2.05) is 31.4 Å². The van der Waals surface area contributed by atoms with Crippen molar-refractivity contribution in [2.24, 2.45) is 16.3 Å². The first-order valence-corrected chi connectivity index (χ1v) is 10.3. The molecule has 0 radical (unpaired) electrons. The molecule has 0 saturated heterocycles. The van der Waals surface area contributed by atoms with Crippen LogP contribution in [0.25, 0.3) is 5.65 Å². The molecule has 1 fully saturated rings. The Kier molecular flexibility index (Phi) is 8.98. The Labute approximate surface area is 186 Å². The van der Waals surface area contributed by atoms with Crippen molar-refractivity contribution in [1.82, 2.24) is 25.2 Å². The summed E-state index contributed by atoms with van der Waals surface area (Å²) in [4.78, 5) is 4.41. The van der Waals surface area contributed by atoms with E-state index in [-0.39, 0.29) is 24.0 Å². The van der Waals surface area contributed by atoms with E-state index in [0.717, 1.165) is 49.3 Å². The van der Waals surface area contributed by atoms with Gasteiger partial charge in [-0.1, -0.05) is 32.8 Å². The average Bonchev–Trinajstić information content (AvgIpc) is 3.28. The SMILES string of the molecule is CN=C(NCCCc1nnc2ccccn12)NCC1(CC(C)C)CCCC1.I. The predicted molar refractivity (Wildman–Crippen MR) is 126 cm³/mol. The zero-order valence-electron chi connectivity index (χ0n) is 17.4. The molecule has 1 saturated carbocycles. The minimum Gasteiger partial charge on any atom is -0.356 e. The fourth-order valence-electron chi connectivity index (χ4n) is 4.45. The monoisotopic (exact) mass is 498 g/mol. The van der Waals surface area contributed by atoms with Crippen LogP contribution in [-0.2, 0) is 6.42 Å². The third kappa shape index (κ3) is 6.06. The topological polar surface area (TPSA) is 66.6 Å². The van der Waals surface area contributed by atoms with E-state index in [9.17, 15) is 0 Å². The number of nitrogens with zero attached hydrogens (tertiary/aromatic N) is 4. The zero-order chi connectivity index (χ0) is 19.1. The average molecular weight is 498 g/mol. The van der Waals surface area contributed by atoms with Gasteiger partial charge in [0.25, 0.3) is 0 Å². The van der Waals surface area contributed by atoms with Gasteiger partial charge in [0.1, 0.15) is 5.82 Å². The highest BCUT2D eigenvalue weighted by Crippen LogP contribution is 2.42. The van der Waals surface area contributed by atoms with Crippen molar-refractivity contribution < 1.29 is 0 Å². The van der Waals surface area contributed by atoms with Crippen LogP contribution >= 0.6 is 24.0 Å². The number of pyridine rings is 1. The molecule has 0 aliphatic heterocycles. The molecule has 2 aromatic rings. The van der Waals surface area contributed by atoms with Crippen LogP contribution in [0.4, 0.5) is 0 Å². The van der Waals surface area contributed by atoms with Gasteiger partial charge in [-0.3, -0.25) is 9.39 Å². The first-order valence-electron chi connectivity index (χ1n) is 10.3. The first-order chi connectivity index (χ1) is 13.1. The lowest BCUT2D eigenvalue weighted by atomic mass is 9.78. The summed E-state index contributed by atoms with van der Waals surface area (Å²) in [6.07, 6.45) is 10.6. The highest BCUT2D eigenvalue weighted by atomic mass is 127. The van der Waals surface area contributed by atoms with Gasteiger partial charge in [0.05, 0.1) is 0 Å². The molecule has 156 valence electrons. The van der Waals surface area contributed by atoms with Crippen LogP contribution in [0.3, 0.4) is 0 Å². The summed E-state index contributed by atoms with van der Waals surface area (Å²) in [5, 5.41) is 15.5. The van der Waals surface area contributed by atoms with Crippen molar-refractivity contribution in [1.29, 1.82) is 0 Å². The summed E-state index contributed by atoms with van der Waals surface area (Å²) in [6, 6.07) is 5.98. The van der Waals surface area contributed by atoms with Gasteiger partial charge in [-0.15, -0.1) is 34.2 Å². The van der Waals surface area contributed by atoms with E-state index in [1.54, 1.807) is 0 Å². The van der Waals surface area contributed by atoms with Gasteiger partial charge in [-0.05, 0) is 49.1 Å². The maximum Gasteiger partial charge on any atom is 0.190 e. The number of aryl methyl sites for hydroxylation is 1. The third-order valence-electron chi connectivity index (χ3n) is 5.61. The molecule has 1 aliphatic rings. The molecule has 6 nitrogen and oxygen atoms in total. The quantitative estimate of drug-likeness (QED) is 0.250. The summed E-state index contributed by atoms with van der Waals surface area (Å²) < 4.78 is 2.06. The summed E-state index contributed by atoms with van der Waals surface area (Å²) in [5.41, 5.74) is 1.36. The fraction of sp³-hybridized carbons (Fsp3) is 0.667. The minimum atomic E-state index is 0. The van der Waals surface area contributed by atoms with E-state index in [4.69, 9.17) is 0 Å². The van der Waals surface area contributed by atoms with E-state index >= 15 is 0 Å². The number of guanidine groups is 1. The van der Waals surface area contributed by atoms with E-state index in [2.05, 4.69) is 44.1 Å². The van der Waals surface area contributed by atoms with Gasteiger partial charge in [0, 0.05) is 32.8 Å². The summed E-state index contributed by atoms with van der Waals surface area (Å²) in [5.74, 6) is 2.67. The van der Waals surface area contributed by atoms with E-state index < -0.39 is 0 Å². The summed E-state index contributed by atoms with van der Waals surface area (Å²) in [7, 11) is 1.85. The zero-order valence-corrected chi connectivity index (χ0v) is 19.8. The van der Waals surface area contributed by atoms with Crippen LogP contribution in [0.2, 0.25) is 0 Å². The van der Waals surface area contributed by atoms with Crippen LogP contribution in [-0.4, -0.2) is 40.7 Å². The van der Waals surface area contributed by atoms with Crippen molar-refractivity contribution >= 4 is 35.6 Å². The van der Waals surface area contributed by atoms with Crippen LogP contribution < -0.4 is 10.6 Å². The molecule has 0 atom stereocenters. The molecule has 0 aromatic carbocycles. The Bertz CT molecular complexity index is 748. The molecule has 1 aliphatic carbocycles.